The number of aryl methyl sites for hydroxylation is 1. The molecule has 4 rings (SSSR count). The number of methoxy groups -OCH3 is 1. The first kappa shape index (κ1) is 31.9. The van der Waals surface area contributed by atoms with Crippen LogP contribution in [0, 0.1) is 13.8 Å². The van der Waals surface area contributed by atoms with Crippen molar-refractivity contribution in [2.45, 2.75) is 26.9 Å². The molecule has 10 heteroatoms. The van der Waals surface area contributed by atoms with Crippen LogP contribution < -0.4 is 4.74 Å². The molecule has 0 amide bonds. The Morgan fingerprint density at radius 3 is 1.71 bits per heavy atom. The average molecular weight is 584 g/mol. The van der Waals surface area contributed by atoms with Gasteiger partial charge in [-0.15, -0.1) is 0 Å². The number of aromatic nitrogens is 1. The van der Waals surface area contributed by atoms with Gasteiger partial charge in [-0.25, -0.2) is 0 Å². The van der Waals surface area contributed by atoms with Crippen molar-refractivity contribution >= 4 is 10.9 Å². The quantitative estimate of drug-likeness (QED) is 0.462. The fourth-order valence-electron chi connectivity index (χ4n) is 4.95. The SMILES string of the molecule is COc1ccnc2c(O)c(CN3CCOCCOCCN(Cc4ccc(C)c(C)c4O)CCOCCOCC3)ccc12. The number of rotatable bonds is 5. The van der Waals surface area contributed by atoms with Crippen LogP contribution in [0.5, 0.6) is 17.2 Å². The Balaban J connectivity index is 1.30. The number of fused-ring (bicyclic) bond motifs is 1. The Morgan fingerprint density at radius 2 is 1.19 bits per heavy atom. The van der Waals surface area contributed by atoms with Gasteiger partial charge in [-0.2, -0.15) is 0 Å². The lowest BCUT2D eigenvalue weighted by atomic mass is 10.0. The minimum atomic E-state index is 0.163. The molecule has 10 nitrogen and oxygen atoms in total. The summed E-state index contributed by atoms with van der Waals surface area (Å²) in [4.78, 5) is 8.81. The molecule has 0 unspecified atom stereocenters. The zero-order chi connectivity index (χ0) is 29.7. The molecule has 0 saturated carbocycles. The van der Waals surface area contributed by atoms with Gasteiger partial charge in [0.05, 0.1) is 60.0 Å². The van der Waals surface area contributed by atoms with Crippen molar-refractivity contribution in [2.75, 3.05) is 86.1 Å². The molecule has 0 radical (unpaired) electrons. The Kier molecular flexibility index (Phi) is 12.6. The molecule has 0 atom stereocenters. The highest BCUT2D eigenvalue weighted by atomic mass is 16.5. The maximum atomic E-state index is 11.0. The number of hydrogen-bond acceptors (Lipinski definition) is 10. The zero-order valence-corrected chi connectivity index (χ0v) is 25.1. The molecule has 42 heavy (non-hydrogen) atoms. The predicted octanol–water partition coefficient (Wildman–Crippen LogP) is 3.66. The molecule has 230 valence electrons. The summed E-state index contributed by atoms with van der Waals surface area (Å²) in [6.07, 6.45) is 1.64. The maximum absolute atomic E-state index is 11.0. The summed E-state index contributed by atoms with van der Waals surface area (Å²) in [6, 6.07) is 9.68. The van der Waals surface area contributed by atoms with E-state index in [1.165, 1.54) is 0 Å². The normalized spacial score (nSPS) is 18.0. The lowest BCUT2D eigenvalue weighted by Gasteiger charge is -2.24. The minimum Gasteiger partial charge on any atom is -0.507 e. The van der Waals surface area contributed by atoms with E-state index in [1.807, 2.05) is 32.0 Å². The van der Waals surface area contributed by atoms with Crippen molar-refractivity contribution in [3.8, 4) is 17.2 Å². The molecule has 0 spiro atoms. The van der Waals surface area contributed by atoms with Crippen molar-refractivity contribution in [1.82, 2.24) is 14.8 Å². The van der Waals surface area contributed by atoms with E-state index in [0.29, 0.717) is 96.0 Å². The van der Waals surface area contributed by atoms with Crippen molar-refractivity contribution in [3.63, 3.8) is 0 Å². The smallest absolute Gasteiger partial charge is 0.146 e. The van der Waals surface area contributed by atoms with Crippen LogP contribution in [-0.2, 0) is 32.0 Å². The molecule has 1 aliphatic rings. The first-order chi connectivity index (χ1) is 20.5. The number of hydrogen-bond donors (Lipinski definition) is 2. The Morgan fingerprint density at radius 1 is 0.690 bits per heavy atom. The monoisotopic (exact) mass is 583 g/mol. The number of pyridine rings is 1. The summed E-state index contributed by atoms with van der Waals surface area (Å²) in [6.45, 7) is 12.1. The highest BCUT2D eigenvalue weighted by molar-refractivity contribution is 5.90. The molecule has 1 saturated heterocycles. The van der Waals surface area contributed by atoms with Gasteiger partial charge in [0, 0.05) is 62.0 Å². The molecule has 1 fully saturated rings. The molecule has 2 N–H and O–H groups in total. The number of phenols is 2. The first-order valence-electron chi connectivity index (χ1n) is 14.6. The average Bonchev–Trinajstić information content (AvgIpc) is 3.00. The molecule has 1 aromatic heterocycles. The fourth-order valence-corrected chi connectivity index (χ4v) is 4.95. The van der Waals surface area contributed by atoms with Crippen LogP contribution in [0.25, 0.3) is 10.9 Å². The van der Waals surface area contributed by atoms with Gasteiger partial charge in [0.2, 0.25) is 0 Å². The molecule has 0 bridgehead atoms. The lowest BCUT2D eigenvalue weighted by Crippen LogP contribution is -2.32. The van der Waals surface area contributed by atoms with Gasteiger partial charge < -0.3 is 33.9 Å². The van der Waals surface area contributed by atoms with Crippen LogP contribution in [0.1, 0.15) is 22.3 Å². The third-order valence-electron chi connectivity index (χ3n) is 7.67. The minimum absolute atomic E-state index is 0.163. The topological polar surface area (TPSA) is 106 Å². The molecule has 1 aliphatic heterocycles. The second kappa shape index (κ2) is 16.6. The first-order valence-corrected chi connectivity index (χ1v) is 14.6. The van der Waals surface area contributed by atoms with Gasteiger partial charge in [0.15, 0.2) is 0 Å². The number of aromatic hydroxyl groups is 2. The van der Waals surface area contributed by atoms with Crippen LogP contribution in [0.3, 0.4) is 0 Å². The Labute approximate surface area is 248 Å². The van der Waals surface area contributed by atoms with E-state index in [0.717, 1.165) is 40.7 Å². The fraction of sp³-hybridized carbons (Fsp3) is 0.531. The van der Waals surface area contributed by atoms with E-state index in [-0.39, 0.29) is 5.75 Å². The molecule has 2 aromatic carbocycles. The summed E-state index contributed by atoms with van der Waals surface area (Å²) < 4.78 is 28.9. The molecular weight excluding hydrogens is 538 g/mol. The summed E-state index contributed by atoms with van der Waals surface area (Å²) in [5.41, 5.74) is 4.22. The Hall–Kier alpha value is -2.99. The second-order valence-corrected chi connectivity index (χ2v) is 10.5. The molecule has 3 aromatic rings. The van der Waals surface area contributed by atoms with Gasteiger partial charge in [-0.1, -0.05) is 18.2 Å². The van der Waals surface area contributed by atoms with E-state index >= 15 is 0 Å². The zero-order valence-electron chi connectivity index (χ0n) is 25.1. The predicted molar refractivity (Wildman–Crippen MR) is 161 cm³/mol. The number of nitrogens with zero attached hydrogens (tertiary/aromatic N) is 3. The molecule has 2 heterocycles. The third kappa shape index (κ3) is 9.00. The number of phenolic OH excluding ortho intramolecular Hbond substituents is 2. The van der Waals surface area contributed by atoms with E-state index in [9.17, 15) is 10.2 Å². The van der Waals surface area contributed by atoms with Crippen LogP contribution in [-0.4, -0.2) is 111 Å². The van der Waals surface area contributed by atoms with Crippen LogP contribution in [0.2, 0.25) is 0 Å². The summed E-state index contributed by atoms with van der Waals surface area (Å²) in [5, 5.41) is 22.4. The van der Waals surface area contributed by atoms with E-state index in [1.54, 1.807) is 19.4 Å². The number of benzene rings is 2. The van der Waals surface area contributed by atoms with Gasteiger partial charge in [0.25, 0.3) is 0 Å². The van der Waals surface area contributed by atoms with Crippen molar-refractivity contribution in [3.05, 3.63) is 58.8 Å². The van der Waals surface area contributed by atoms with Gasteiger partial charge in [-0.05, 0) is 37.1 Å². The van der Waals surface area contributed by atoms with Crippen LogP contribution in [0.4, 0.5) is 0 Å². The second-order valence-electron chi connectivity index (χ2n) is 10.5. The lowest BCUT2D eigenvalue weighted by molar-refractivity contribution is 0.00612. The standard InChI is InChI=1S/C32H45N3O7/c1-24-4-5-26(31(36)25(24)2)22-34-10-14-39-18-20-41-16-12-35(13-17-42-21-19-40-15-11-34)23-27-6-7-28-29(38-3)8-9-33-30(28)32(27)37/h4-9,36-37H,10-23H2,1-3H3. The van der Waals surface area contributed by atoms with Crippen molar-refractivity contribution in [2.24, 2.45) is 0 Å². The van der Waals surface area contributed by atoms with Gasteiger partial charge in [-0.3, -0.25) is 14.8 Å². The van der Waals surface area contributed by atoms with Crippen molar-refractivity contribution < 1.29 is 33.9 Å². The van der Waals surface area contributed by atoms with Gasteiger partial charge in [0.1, 0.15) is 22.8 Å². The van der Waals surface area contributed by atoms with Crippen molar-refractivity contribution in [1.29, 1.82) is 0 Å². The third-order valence-corrected chi connectivity index (χ3v) is 7.67. The van der Waals surface area contributed by atoms with Crippen LogP contribution in [0.15, 0.2) is 36.5 Å². The highest BCUT2D eigenvalue weighted by Gasteiger charge is 2.15. The van der Waals surface area contributed by atoms with E-state index in [4.69, 9.17) is 23.7 Å². The van der Waals surface area contributed by atoms with E-state index < -0.39 is 0 Å². The molecular formula is C32H45N3O7. The summed E-state index contributed by atoms with van der Waals surface area (Å²) >= 11 is 0. The summed E-state index contributed by atoms with van der Waals surface area (Å²) in [5.74, 6) is 1.20. The maximum Gasteiger partial charge on any atom is 0.146 e. The van der Waals surface area contributed by atoms with Crippen LogP contribution >= 0.6 is 0 Å². The number of ether oxygens (including phenoxy) is 5. The highest BCUT2D eigenvalue weighted by Crippen LogP contribution is 2.33. The molecule has 0 aliphatic carbocycles. The summed E-state index contributed by atoms with van der Waals surface area (Å²) in [7, 11) is 1.61. The van der Waals surface area contributed by atoms with E-state index in [2.05, 4.69) is 20.9 Å². The Bertz CT molecular complexity index is 1250. The largest absolute Gasteiger partial charge is 0.507 e. The van der Waals surface area contributed by atoms with Gasteiger partial charge >= 0.3 is 0 Å².